The number of rotatable bonds is 7. The Labute approximate surface area is 230 Å². The molecule has 0 fully saturated rings. The van der Waals surface area contributed by atoms with Crippen molar-refractivity contribution in [3.05, 3.63) is 101 Å². The molecule has 1 aliphatic rings. The molecule has 0 saturated carbocycles. The van der Waals surface area contributed by atoms with Crippen LogP contribution in [0.15, 0.2) is 72.3 Å². The number of aromatic nitrogens is 5. The largest absolute Gasteiger partial charge is 0.508 e. The standard InChI is InChI=1S/C28H23F3N6O4/c1-37-25(34-35-36-37)23(11-15-5-8-19(38)9-6-15)33-26(39)24-14-21(27(40)41)20-13-17(7-10-22(20)32-24)16-3-2-4-18(12-16)28(29,30)31/h2-10,13-14,16,23,38H,11-12H2,1H3,(H,33,39)(H,40,41)/t16?,23-/m0/s1. The second-order valence-electron chi connectivity index (χ2n) is 9.58. The molecule has 0 aliphatic heterocycles. The molecule has 10 nitrogen and oxygen atoms in total. The van der Waals surface area contributed by atoms with Gasteiger partial charge in [-0.3, -0.25) is 4.79 Å². The number of allylic oxidation sites excluding steroid dienone is 4. The number of hydrogen-bond donors (Lipinski definition) is 3. The highest BCUT2D eigenvalue weighted by Gasteiger charge is 2.35. The molecule has 0 bridgehead atoms. The van der Waals surface area contributed by atoms with Gasteiger partial charge in [-0.2, -0.15) is 13.2 Å². The first-order valence-electron chi connectivity index (χ1n) is 12.4. The minimum Gasteiger partial charge on any atom is -0.508 e. The van der Waals surface area contributed by atoms with Crippen LogP contribution in [0.5, 0.6) is 5.75 Å². The third kappa shape index (κ3) is 5.93. The molecular weight excluding hydrogens is 541 g/mol. The molecule has 0 spiro atoms. The van der Waals surface area contributed by atoms with E-state index in [0.717, 1.165) is 17.7 Å². The number of alkyl halides is 3. The van der Waals surface area contributed by atoms with Gasteiger partial charge in [-0.1, -0.05) is 36.4 Å². The number of nitrogens with zero attached hydrogens (tertiary/aromatic N) is 5. The van der Waals surface area contributed by atoms with Gasteiger partial charge in [-0.15, -0.1) is 5.10 Å². The minimum atomic E-state index is -4.46. The normalized spacial score (nSPS) is 15.9. The number of benzene rings is 2. The van der Waals surface area contributed by atoms with Crippen LogP contribution in [-0.2, 0) is 13.5 Å². The number of halogens is 3. The number of carboxylic acids is 1. The molecule has 210 valence electrons. The summed E-state index contributed by atoms with van der Waals surface area (Å²) in [5.74, 6) is -2.19. The van der Waals surface area contributed by atoms with Gasteiger partial charge in [0.25, 0.3) is 5.91 Å². The fourth-order valence-electron chi connectivity index (χ4n) is 4.72. The zero-order chi connectivity index (χ0) is 29.3. The number of carboxylic acid groups (broad SMARTS) is 1. The summed E-state index contributed by atoms with van der Waals surface area (Å²) in [6, 6.07) is 11.4. The number of phenolic OH excluding ortho intramolecular Hbond substituents is 1. The number of carbonyl (C=O) groups excluding carboxylic acids is 1. The number of aromatic hydroxyl groups is 1. The summed E-state index contributed by atoms with van der Waals surface area (Å²) in [5.41, 5.74) is 0.391. The first-order valence-corrected chi connectivity index (χ1v) is 12.4. The number of phenols is 1. The van der Waals surface area contributed by atoms with Gasteiger partial charge in [0.05, 0.1) is 17.1 Å². The van der Waals surface area contributed by atoms with Gasteiger partial charge in [0.2, 0.25) is 0 Å². The van der Waals surface area contributed by atoms with Crippen molar-refractivity contribution in [2.45, 2.75) is 31.0 Å². The first kappa shape index (κ1) is 27.5. The molecule has 2 aromatic heterocycles. The van der Waals surface area contributed by atoms with Crippen LogP contribution in [-0.4, -0.2) is 53.5 Å². The number of nitrogens with one attached hydrogen (secondary N) is 1. The summed E-state index contributed by atoms with van der Waals surface area (Å²) in [6.07, 6.45) is -0.489. The second kappa shape index (κ2) is 10.8. The molecule has 2 atom stereocenters. The highest BCUT2D eigenvalue weighted by atomic mass is 19.4. The molecular formula is C28H23F3N6O4. The maximum atomic E-state index is 13.4. The first-order chi connectivity index (χ1) is 19.5. The van der Waals surface area contributed by atoms with Crippen LogP contribution in [0.3, 0.4) is 0 Å². The van der Waals surface area contributed by atoms with Gasteiger partial charge in [-0.25, -0.2) is 14.5 Å². The van der Waals surface area contributed by atoms with Crippen molar-refractivity contribution >= 4 is 22.8 Å². The van der Waals surface area contributed by atoms with Gasteiger partial charge in [0.15, 0.2) is 5.82 Å². The van der Waals surface area contributed by atoms with E-state index >= 15 is 0 Å². The number of aryl methyl sites for hydroxylation is 1. The van der Waals surface area contributed by atoms with Gasteiger partial charge in [-0.05, 0) is 58.3 Å². The molecule has 1 amide bonds. The lowest BCUT2D eigenvalue weighted by Gasteiger charge is -2.21. The van der Waals surface area contributed by atoms with Crippen LogP contribution in [0.4, 0.5) is 13.2 Å². The molecule has 1 unspecified atom stereocenters. The third-order valence-corrected chi connectivity index (χ3v) is 6.81. The van der Waals surface area contributed by atoms with Gasteiger partial charge < -0.3 is 15.5 Å². The molecule has 4 aromatic rings. The summed E-state index contributed by atoms with van der Waals surface area (Å²) < 4.78 is 41.2. The zero-order valence-corrected chi connectivity index (χ0v) is 21.5. The number of aromatic carboxylic acids is 1. The van der Waals surface area contributed by atoms with Gasteiger partial charge in [0.1, 0.15) is 11.4 Å². The number of pyridine rings is 1. The van der Waals surface area contributed by atoms with Crippen LogP contribution in [0, 0.1) is 0 Å². The Morgan fingerprint density at radius 2 is 1.90 bits per heavy atom. The summed E-state index contributed by atoms with van der Waals surface area (Å²) in [4.78, 5) is 29.9. The number of amides is 1. The van der Waals surface area contributed by atoms with Gasteiger partial charge in [0, 0.05) is 30.3 Å². The number of carbonyl (C=O) groups is 2. The molecule has 2 heterocycles. The fraction of sp³-hybridized carbons (Fsp3) is 0.214. The molecule has 2 aromatic carbocycles. The van der Waals surface area contributed by atoms with Gasteiger partial charge >= 0.3 is 12.1 Å². The van der Waals surface area contributed by atoms with Crippen molar-refractivity contribution in [1.82, 2.24) is 30.5 Å². The Balaban J connectivity index is 1.46. The molecule has 1 aliphatic carbocycles. The van der Waals surface area contributed by atoms with E-state index in [1.54, 1.807) is 31.3 Å². The molecule has 0 radical (unpaired) electrons. The van der Waals surface area contributed by atoms with Crippen LogP contribution >= 0.6 is 0 Å². The molecule has 3 N–H and O–H groups in total. The van der Waals surface area contributed by atoms with Crippen molar-refractivity contribution in [2.75, 3.05) is 0 Å². The zero-order valence-electron chi connectivity index (χ0n) is 21.5. The summed E-state index contributed by atoms with van der Waals surface area (Å²) in [5, 5.41) is 34.0. The van der Waals surface area contributed by atoms with Crippen molar-refractivity contribution < 1.29 is 33.0 Å². The Kier molecular flexibility index (Phi) is 7.26. The SMILES string of the molecule is Cn1nnnc1[C@H](Cc1ccc(O)cc1)NC(=O)c1cc(C(=O)O)c2cc(C3C=CC=C(C(F)(F)F)C3)ccc2n1. The minimum absolute atomic E-state index is 0.0798. The lowest BCUT2D eigenvalue weighted by atomic mass is 9.87. The van der Waals surface area contributed by atoms with E-state index in [1.165, 1.54) is 35.0 Å². The monoisotopic (exact) mass is 564 g/mol. The number of fused-ring (bicyclic) bond motifs is 1. The van der Waals surface area contributed by atoms with E-state index in [-0.39, 0.29) is 40.8 Å². The third-order valence-electron chi connectivity index (χ3n) is 6.81. The van der Waals surface area contributed by atoms with E-state index < -0.39 is 35.6 Å². The Morgan fingerprint density at radius 1 is 1.15 bits per heavy atom. The average Bonchev–Trinajstić information content (AvgIpc) is 3.38. The molecule has 5 rings (SSSR count). The Bertz CT molecular complexity index is 1700. The van der Waals surface area contributed by atoms with E-state index in [9.17, 15) is 33.0 Å². The number of hydrogen-bond acceptors (Lipinski definition) is 7. The van der Waals surface area contributed by atoms with Crippen molar-refractivity contribution in [3.63, 3.8) is 0 Å². The Morgan fingerprint density at radius 3 is 2.56 bits per heavy atom. The molecule has 41 heavy (non-hydrogen) atoms. The predicted molar refractivity (Wildman–Crippen MR) is 140 cm³/mol. The quantitative estimate of drug-likeness (QED) is 0.300. The highest BCUT2D eigenvalue weighted by Crippen LogP contribution is 2.38. The average molecular weight is 565 g/mol. The van der Waals surface area contributed by atoms with Crippen molar-refractivity contribution in [2.24, 2.45) is 7.05 Å². The second-order valence-corrected chi connectivity index (χ2v) is 9.58. The molecule has 0 saturated heterocycles. The maximum Gasteiger partial charge on any atom is 0.412 e. The number of tetrazole rings is 1. The van der Waals surface area contributed by atoms with Crippen LogP contribution < -0.4 is 5.32 Å². The predicted octanol–water partition coefficient (Wildman–Crippen LogP) is 4.41. The summed E-state index contributed by atoms with van der Waals surface area (Å²) in [7, 11) is 1.61. The Hall–Kier alpha value is -5.07. The van der Waals surface area contributed by atoms with Crippen molar-refractivity contribution in [3.8, 4) is 5.75 Å². The van der Waals surface area contributed by atoms with E-state index in [2.05, 4.69) is 25.8 Å². The lowest BCUT2D eigenvalue weighted by Crippen LogP contribution is -2.32. The van der Waals surface area contributed by atoms with Crippen LogP contribution in [0.1, 0.15) is 56.2 Å². The molecule has 13 heteroatoms. The fourth-order valence-corrected chi connectivity index (χ4v) is 4.72. The smallest absolute Gasteiger partial charge is 0.412 e. The van der Waals surface area contributed by atoms with E-state index in [1.807, 2.05) is 0 Å². The van der Waals surface area contributed by atoms with Crippen molar-refractivity contribution in [1.29, 1.82) is 0 Å². The van der Waals surface area contributed by atoms with E-state index in [0.29, 0.717) is 11.4 Å². The van der Waals surface area contributed by atoms with E-state index in [4.69, 9.17) is 0 Å². The lowest BCUT2D eigenvalue weighted by molar-refractivity contribution is -0.0944. The topological polar surface area (TPSA) is 143 Å². The summed E-state index contributed by atoms with van der Waals surface area (Å²) in [6.45, 7) is 0. The summed E-state index contributed by atoms with van der Waals surface area (Å²) >= 11 is 0. The van der Waals surface area contributed by atoms with Crippen LogP contribution in [0.25, 0.3) is 10.9 Å². The maximum absolute atomic E-state index is 13.4. The highest BCUT2D eigenvalue weighted by molar-refractivity contribution is 6.06. The van der Waals surface area contributed by atoms with Crippen LogP contribution in [0.2, 0.25) is 0 Å².